The molecule has 0 atom stereocenters. The van der Waals surface area contributed by atoms with Crippen molar-refractivity contribution in [3.8, 4) is 0 Å². The maximum absolute atomic E-state index is 2.24. The fourth-order valence-electron chi connectivity index (χ4n) is 2.64. The Kier molecular flexibility index (Phi) is 4.29. The van der Waals surface area contributed by atoms with Crippen molar-refractivity contribution in [1.29, 1.82) is 0 Å². The predicted molar refractivity (Wildman–Crippen MR) is 87.4 cm³/mol. The number of aryl methyl sites for hydroxylation is 1. The Morgan fingerprint density at radius 2 is 1.30 bits per heavy atom. The zero-order valence-electron chi connectivity index (χ0n) is 11.4. The third-order valence-corrected chi connectivity index (χ3v) is 4.60. The number of rotatable bonds is 5. The Morgan fingerprint density at radius 3 is 1.80 bits per heavy atom. The molecule has 20 heavy (non-hydrogen) atoms. The molecule has 0 unspecified atom stereocenters. The molecule has 0 aliphatic carbocycles. The predicted octanol–water partition coefficient (Wildman–Crippen LogP) is 5.51. The molecule has 0 bridgehead atoms. The zero-order valence-corrected chi connectivity index (χ0v) is 12.2. The van der Waals surface area contributed by atoms with Gasteiger partial charge >= 0.3 is 0 Å². The highest BCUT2D eigenvalue weighted by Crippen LogP contribution is 2.29. The molecular weight excluding hydrogens is 260 g/mol. The van der Waals surface area contributed by atoms with Gasteiger partial charge < -0.3 is 0 Å². The minimum Gasteiger partial charge on any atom is -0.149 e. The molecule has 3 rings (SSSR count). The fourth-order valence-corrected chi connectivity index (χ4v) is 3.36. The summed E-state index contributed by atoms with van der Waals surface area (Å²) in [4.78, 5) is 1.47. The molecule has 3 aromatic rings. The first kappa shape index (κ1) is 13.1. The number of hydrogen-bond donors (Lipinski definition) is 0. The zero-order chi connectivity index (χ0) is 13.6. The van der Waals surface area contributed by atoms with Gasteiger partial charge in [-0.25, -0.2) is 0 Å². The highest BCUT2D eigenvalue weighted by atomic mass is 32.1. The Labute approximate surface area is 124 Å². The van der Waals surface area contributed by atoms with Crippen LogP contribution in [-0.2, 0) is 6.42 Å². The first-order valence-electron chi connectivity index (χ1n) is 7.06. The van der Waals surface area contributed by atoms with Crippen LogP contribution < -0.4 is 0 Å². The molecule has 0 saturated heterocycles. The summed E-state index contributed by atoms with van der Waals surface area (Å²) >= 11 is 1.86. The monoisotopic (exact) mass is 278 g/mol. The van der Waals surface area contributed by atoms with Crippen LogP contribution in [0.25, 0.3) is 0 Å². The number of thiophene rings is 1. The summed E-state index contributed by atoms with van der Waals surface area (Å²) in [5, 5.41) is 2.16. The van der Waals surface area contributed by atoms with E-state index in [0.717, 1.165) is 12.8 Å². The lowest BCUT2D eigenvalue weighted by Gasteiger charge is -2.17. The Morgan fingerprint density at radius 1 is 0.700 bits per heavy atom. The van der Waals surface area contributed by atoms with Gasteiger partial charge in [-0.1, -0.05) is 66.7 Å². The number of benzene rings is 2. The van der Waals surface area contributed by atoms with Gasteiger partial charge in [0, 0.05) is 10.8 Å². The van der Waals surface area contributed by atoms with Gasteiger partial charge in [-0.3, -0.25) is 0 Å². The minimum atomic E-state index is 0.486. The van der Waals surface area contributed by atoms with Crippen LogP contribution in [0.1, 0.15) is 28.3 Å². The lowest BCUT2D eigenvalue weighted by Crippen LogP contribution is -2.02. The molecule has 2 aromatic carbocycles. The molecule has 0 spiro atoms. The second kappa shape index (κ2) is 6.53. The summed E-state index contributed by atoms with van der Waals surface area (Å²) in [6.45, 7) is 0. The van der Waals surface area contributed by atoms with Crippen molar-refractivity contribution in [3.05, 3.63) is 94.2 Å². The highest BCUT2D eigenvalue weighted by molar-refractivity contribution is 7.09. The molecule has 1 heteroatoms. The van der Waals surface area contributed by atoms with E-state index in [9.17, 15) is 0 Å². The van der Waals surface area contributed by atoms with Crippen LogP contribution in [0.2, 0.25) is 0 Å². The van der Waals surface area contributed by atoms with Crippen LogP contribution in [0, 0.1) is 0 Å². The van der Waals surface area contributed by atoms with Crippen molar-refractivity contribution in [2.45, 2.75) is 18.8 Å². The van der Waals surface area contributed by atoms with Gasteiger partial charge in [0.2, 0.25) is 0 Å². The van der Waals surface area contributed by atoms with Gasteiger partial charge in [-0.05, 0) is 35.4 Å². The van der Waals surface area contributed by atoms with Crippen molar-refractivity contribution < 1.29 is 0 Å². The molecule has 0 nitrogen and oxygen atoms in total. The molecule has 0 aliphatic heterocycles. The normalized spacial score (nSPS) is 10.8. The van der Waals surface area contributed by atoms with Gasteiger partial charge in [-0.2, -0.15) is 0 Å². The average Bonchev–Trinajstić information content (AvgIpc) is 3.03. The van der Waals surface area contributed by atoms with Crippen molar-refractivity contribution >= 4 is 11.3 Å². The van der Waals surface area contributed by atoms with E-state index in [1.165, 1.54) is 16.0 Å². The maximum atomic E-state index is 2.24. The molecule has 1 aromatic heterocycles. The Bertz CT molecular complexity index is 572. The molecule has 100 valence electrons. The van der Waals surface area contributed by atoms with Crippen LogP contribution in [-0.4, -0.2) is 0 Å². The first-order valence-corrected chi connectivity index (χ1v) is 7.94. The lowest BCUT2D eigenvalue weighted by molar-refractivity contribution is 0.721. The molecule has 0 aliphatic rings. The van der Waals surface area contributed by atoms with E-state index < -0.39 is 0 Å². The van der Waals surface area contributed by atoms with Crippen LogP contribution in [0.15, 0.2) is 78.2 Å². The third-order valence-electron chi connectivity index (χ3n) is 3.66. The lowest BCUT2D eigenvalue weighted by atomic mass is 9.87. The fraction of sp³-hybridized carbons (Fsp3) is 0.158. The highest BCUT2D eigenvalue weighted by Gasteiger charge is 2.13. The second-order valence-electron chi connectivity index (χ2n) is 4.99. The van der Waals surface area contributed by atoms with Gasteiger partial charge in [-0.15, -0.1) is 11.3 Å². The number of hydrogen-bond acceptors (Lipinski definition) is 1. The van der Waals surface area contributed by atoms with E-state index in [-0.39, 0.29) is 0 Å². The van der Waals surface area contributed by atoms with Crippen molar-refractivity contribution in [3.63, 3.8) is 0 Å². The van der Waals surface area contributed by atoms with E-state index in [4.69, 9.17) is 0 Å². The standard InChI is InChI=1S/C19H18S/c1-3-8-16(9-4-1)19(17-10-5-2-6-11-17)14-13-18-12-7-15-20-18/h1-12,15,19H,13-14H2. The molecule has 0 radical (unpaired) electrons. The van der Waals surface area contributed by atoms with E-state index in [0.29, 0.717) is 5.92 Å². The maximum Gasteiger partial charge on any atom is 0.00927 e. The largest absolute Gasteiger partial charge is 0.149 e. The SMILES string of the molecule is c1ccc(C(CCc2cccs2)c2ccccc2)cc1. The molecule has 0 fully saturated rings. The Balaban J connectivity index is 1.84. The summed E-state index contributed by atoms with van der Waals surface area (Å²) < 4.78 is 0. The van der Waals surface area contributed by atoms with E-state index in [1.54, 1.807) is 0 Å². The molecular formula is C19H18S. The summed E-state index contributed by atoms with van der Waals surface area (Å²) in [6, 6.07) is 26.1. The van der Waals surface area contributed by atoms with Gasteiger partial charge in [0.05, 0.1) is 0 Å². The first-order chi connectivity index (χ1) is 9.93. The van der Waals surface area contributed by atoms with Gasteiger partial charge in [0.25, 0.3) is 0 Å². The molecule has 0 amide bonds. The summed E-state index contributed by atoms with van der Waals surface area (Å²) in [5.41, 5.74) is 2.82. The van der Waals surface area contributed by atoms with Crippen molar-refractivity contribution in [2.24, 2.45) is 0 Å². The van der Waals surface area contributed by atoms with E-state index >= 15 is 0 Å². The third kappa shape index (κ3) is 3.17. The summed E-state index contributed by atoms with van der Waals surface area (Å²) in [6.07, 6.45) is 2.31. The van der Waals surface area contributed by atoms with Gasteiger partial charge in [0.1, 0.15) is 0 Å². The van der Waals surface area contributed by atoms with E-state index in [2.05, 4.69) is 78.2 Å². The van der Waals surface area contributed by atoms with E-state index in [1.807, 2.05) is 11.3 Å². The van der Waals surface area contributed by atoms with Crippen LogP contribution in [0.3, 0.4) is 0 Å². The quantitative estimate of drug-likeness (QED) is 0.577. The van der Waals surface area contributed by atoms with Crippen LogP contribution in [0.4, 0.5) is 0 Å². The van der Waals surface area contributed by atoms with Crippen LogP contribution >= 0.6 is 11.3 Å². The average molecular weight is 278 g/mol. The van der Waals surface area contributed by atoms with Gasteiger partial charge in [0.15, 0.2) is 0 Å². The van der Waals surface area contributed by atoms with Crippen molar-refractivity contribution in [1.82, 2.24) is 0 Å². The topological polar surface area (TPSA) is 0 Å². The smallest absolute Gasteiger partial charge is 0.00927 e. The minimum absolute atomic E-state index is 0.486. The molecule has 1 heterocycles. The van der Waals surface area contributed by atoms with Crippen LogP contribution in [0.5, 0.6) is 0 Å². The summed E-state index contributed by atoms with van der Waals surface area (Å²) in [7, 11) is 0. The second-order valence-corrected chi connectivity index (χ2v) is 6.02. The Hall–Kier alpha value is -1.86. The molecule has 0 N–H and O–H groups in total. The van der Waals surface area contributed by atoms with Crippen molar-refractivity contribution in [2.75, 3.05) is 0 Å². The summed E-state index contributed by atoms with van der Waals surface area (Å²) in [5.74, 6) is 0.486. The molecule has 0 saturated carbocycles.